The van der Waals surface area contributed by atoms with E-state index < -0.39 is 0 Å². The molecule has 0 aromatic carbocycles. The number of nitrogens with zero attached hydrogens (tertiary/aromatic N) is 1. The Morgan fingerprint density at radius 2 is 2.40 bits per heavy atom. The first kappa shape index (κ1) is 6.74. The molecule has 0 aromatic heterocycles. The third kappa shape index (κ3) is 1.85. The first-order valence-electron chi connectivity index (χ1n) is 3.05. The van der Waals surface area contributed by atoms with Crippen LogP contribution in [0, 0.1) is 4.91 Å². The lowest BCUT2D eigenvalue weighted by Crippen LogP contribution is -1.99. The molecule has 0 unspecified atom stereocenters. The van der Waals surface area contributed by atoms with E-state index in [0.29, 0.717) is 0 Å². The number of allylic oxidation sites excluding steroid dienone is 5. The molecule has 1 aliphatic carbocycles. The predicted octanol–water partition coefficient (Wildman–Crippen LogP) is 1.66. The van der Waals surface area contributed by atoms with Crippen molar-refractivity contribution < 1.29 is 0 Å². The van der Waals surface area contributed by atoms with Crippen molar-refractivity contribution in [2.24, 2.45) is 5.29 Å². The van der Waals surface area contributed by atoms with Crippen molar-refractivity contribution in [3.8, 4) is 0 Å². The van der Waals surface area contributed by atoms with Gasteiger partial charge in [0.05, 0.1) is 11.0 Å². The second kappa shape index (κ2) is 3.61. The maximum absolute atomic E-state index is 9.73. The second-order valence-electron chi connectivity index (χ2n) is 1.89. The first-order valence-corrected chi connectivity index (χ1v) is 3.05. The SMILES string of the molecule is O=NNC1=CC=CCC=C1. The van der Waals surface area contributed by atoms with Crippen LogP contribution in [0.3, 0.4) is 0 Å². The number of hydrogen-bond acceptors (Lipinski definition) is 2. The van der Waals surface area contributed by atoms with Crippen LogP contribution in [0.2, 0.25) is 0 Å². The number of hydrogen-bond donors (Lipinski definition) is 1. The van der Waals surface area contributed by atoms with Gasteiger partial charge in [-0.3, -0.25) is 0 Å². The zero-order valence-corrected chi connectivity index (χ0v) is 5.45. The van der Waals surface area contributed by atoms with E-state index in [2.05, 4.69) is 10.7 Å². The fraction of sp³-hybridized carbons (Fsp3) is 0.143. The van der Waals surface area contributed by atoms with E-state index in [1.807, 2.05) is 24.3 Å². The average molecular weight is 136 g/mol. The summed E-state index contributed by atoms with van der Waals surface area (Å²) in [6, 6.07) is 0. The lowest BCUT2D eigenvalue weighted by Gasteiger charge is -1.91. The molecule has 52 valence electrons. The minimum absolute atomic E-state index is 0.726. The van der Waals surface area contributed by atoms with Gasteiger partial charge < -0.3 is 0 Å². The summed E-state index contributed by atoms with van der Waals surface area (Å²) in [6.07, 6.45) is 10.4. The van der Waals surface area contributed by atoms with Crippen LogP contribution in [0.15, 0.2) is 41.4 Å². The van der Waals surface area contributed by atoms with E-state index >= 15 is 0 Å². The lowest BCUT2D eigenvalue weighted by molar-refractivity contribution is 0.906. The maximum Gasteiger partial charge on any atom is 0.0590 e. The second-order valence-corrected chi connectivity index (χ2v) is 1.89. The number of nitrogens with one attached hydrogen (secondary N) is 1. The Bertz CT molecular complexity index is 204. The van der Waals surface area contributed by atoms with Crippen LogP contribution < -0.4 is 5.43 Å². The normalized spacial score (nSPS) is 15.8. The van der Waals surface area contributed by atoms with Gasteiger partial charge in [-0.1, -0.05) is 18.2 Å². The van der Waals surface area contributed by atoms with Gasteiger partial charge in [0.15, 0.2) is 0 Å². The molecule has 0 aliphatic heterocycles. The Hall–Kier alpha value is -1.38. The van der Waals surface area contributed by atoms with Gasteiger partial charge in [-0.25, -0.2) is 5.43 Å². The van der Waals surface area contributed by atoms with Gasteiger partial charge >= 0.3 is 0 Å². The highest BCUT2D eigenvalue weighted by Crippen LogP contribution is 2.00. The minimum Gasteiger partial charge on any atom is -0.242 e. The topological polar surface area (TPSA) is 41.5 Å². The monoisotopic (exact) mass is 136 g/mol. The molecule has 0 radical (unpaired) electrons. The third-order valence-corrected chi connectivity index (χ3v) is 1.16. The summed E-state index contributed by atoms with van der Waals surface area (Å²) < 4.78 is 0. The molecule has 0 saturated heterocycles. The Balaban J connectivity index is 2.63. The fourth-order valence-electron chi connectivity index (χ4n) is 0.707. The zero-order chi connectivity index (χ0) is 7.23. The van der Waals surface area contributed by atoms with Gasteiger partial charge in [0.1, 0.15) is 0 Å². The van der Waals surface area contributed by atoms with Gasteiger partial charge in [-0.05, 0) is 18.6 Å². The molecular weight excluding hydrogens is 128 g/mol. The van der Waals surface area contributed by atoms with Crippen LogP contribution in [-0.2, 0) is 0 Å². The van der Waals surface area contributed by atoms with Crippen molar-refractivity contribution in [1.82, 2.24) is 5.43 Å². The summed E-state index contributed by atoms with van der Waals surface area (Å²) in [5.41, 5.74) is 3.04. The third-order valence-electron chi connectivity index (χ3n) is 1.16. The molecule has 0 saturated carbocycles. The minimum atomic E-state index is 0.726. The molecule has 0 spiro atoms. The van der Waals surface area contributed by atoms with E-state index in [1.165, 1.54) is 0 Å². The molecule has 0 fully saturated rings. The van der Waals surface area contributed by atoms with Gasteiger partial charge in [0, 0.05) is 0 Å². The van der Waals surface area contributed by atoms with Crippen LogP contribution in [0.1, 0.15) is 6.42 Å². The Labute approximate surface area is 59.1 Å². The highest BCUT2D eigenvalue weighted by molar-refractivity contribution is 5.25. The molecule has 0 bridgehead atoms. The van der Waals surface area contributed by atoms with Crippen molar-refractivity contribution in [1.29, 1.82) is 0 Å². The molecule has 3 heteroatoms. The molecule has 1 aliphatic rings. The molecule has 0 heterocycles. The van der Waals surface area contributed by atoms with Crippen molar-refractivity contribution in [2.75, 3.05) is 0 Å². The molecule has 0 aromatic rings. The maximum atomic E-state index is 9.73. The zero-order valence-electron chi connectivity index (χ0n) is 5.45. The largest absolute Gasteiger partial charge is 0.242 e. The van der Waals surface area contributed by atoms with Gasteiger partial charge in [-0.2, -0.15) is 0 Å². The van der Waals surface area contributed by atoms with E-state index in [-0.39, 0.29) is 0 Å². The lowest BCUT2D eigenvalue weighted by atomic mass is 10.4. The van der Waals surface area contributed by atoms with Crippen molar-refractivity contribution >= 4 is 0 Å². The molecule has 1 rings (SSSR count). The highest BCUT2D eigenvalue weighted by Gasteiger charge is 1.88. The fourth-order valence-corrected chi connectivity index (χ4v) is 0.707. The van der Waals surface area contributed by atoms with Gasteiger partial charge in [0.25, 0.3) is 0 Å². The van der Waals surface area contributed by atoms with Crippen LogP contribution in [-0.4, -0.2) is 0 Å². The summed E-state index contributed by atoms with van der Waals surface area (Å²) in [6.45, 7) is 0. The van der Waals surface area contributed by atoms with E-state index in [9.17, 15) is 4.91 Å². The van der Waals surface area contributed by atoms with Crippen molar-refractivity contribution in [3.63, 3.8) is 0 Å². The van der Waals surface area contributed by atoms with Gasteiger partial charge in [-0.15, -0.1) is 4.91 Å². The van der Waals surface area contributed by atoms with Crippen molar-refractivity contribution in [2.45, 2.75) is 6.42 Å². The van der Waals surface area contributed by atoms with Gasteiger partial charge in [0.2, 0.25) is 0 Å². The van der Waals surface area contributed by atoms with E-state index in [1.54, 1.807) is 6.08 Å². The molecular formula is C7H8N2O. The molecule has 1 N–H and O–H groups in total. The summed E-state index contributed by atoms with van der Waals surface area (Å²) in [5, 5.41) is 2.55. The molecule has 3 nitrogen and oxygen atoms in total. The first-order chi connectivity index (χ1) is 4.93. The Morgan fingerprint density at radius 3 is 3.20 bits per heavy atom. The Kier molecular flexibility index (Phi) is 2.43. The number of rotatable bonds is 2. The van der Waals surface area contributed by atoms with Crippen LogP contribution in [0.5, 0.6) is 0 Å². The smallest absolute Gasteiger partial charge is 0.0590 e. The highest BCUT2D eigenvalue weighted by atomic mass is 16.3. The number of nitroso groups, excluding NO2 is 1. The van der Waals surface area contributed by atoms with Crippen LogP contribution in [0.25, 0.3) is 0 Å². The van der Waals surface area contributed by atoms with Crippen molar-refractivity contribution in [3.05, 3.63) is 41.0 Å². The van der Waals surface area contributed by atoms with Crippen LogP contribution in [0.4, 0.5) is 0 Å². The molecule has 10 heavy (non-hydrogen) atoms. The van der Waals surface area contributed by atoms with E-state index in [4.69, 9.17) is 0 Å². The molecule has 0 amide bonds. The summed E-state index contributed by atoms with van der Waals surface area (Å²) in [4.78, 5) is 9.73. The quantitative estimate of drug-likeness (QED) is 0.463. The average Bonchev–Trinajstić information content (AvgIpc) is 2.17. The summed E-state index contributed by atoms with van der Waals surface area (Å²) in [5.74, 6) is 0. The standard InChI is InChI=1S/C7H8N2O/c10-9-8-7-5-3-1-2-4-6-7/h1,3-6H,2H2,(H,8,10). The molecule has 0 atom stereocenters. The Morgan fingerprint density at radius 1 is 1.50 bits per heavy atom. The summed E-state index contributed by atoms with van der Waals surface area (Å²) in [7, 11) is 0. The predicted molar refractivity (Wildman–Crippen MR) is 39.9 cm³/mol. The summed E-state index contributed by atoms with van der Waals surface area (Å²) >= 11 is 0. The van der Waals surface area contributed by atoms with E-state index in [0.717, 1.165) is 12.1 Å². The van der Waals surface area contributed by atoms with Crippen LogP contribution >= 0.6 is 0 Å².